The molecule has 0 radical (unpaired) electrons. The van der Waals surface area contributed by atoms with Crippen LogP contribution in [0.15, 0.2) is 16.7 Å². The molecule has 0 bridgehead atoms. The van der Waals surface area contributed by atoms with Gasteiger partial charge < -0.3 is 10.3 Å². The van der Waals surface area contributed by atoms with Gasteiger partial charge >= 0.3 is 5.00 Å². The largest absolute Gasteiger partial charge is 0.333 e. The van der Waals surface area contributed by atoms with Gasteiger partial charge in [-0.15, -0.1) is 0 Å². The van der Waals surface area contributed by atoms with E-state index < -0.39 is 10.5 Å². The van der Waals surface area contributed by atoms with Crippen LogP contribution in [0.25, 0.3) is 10.8 Å². The molecule has 0 aliphatic rings. The van der Waals surface area contributed by atoms with E-state index in [9.17, 15) is 10.1 Å². The molecular weight excluding hydrogens is 268 g/mol. The Hall–Kier alpha value is -1.80. The van der Waals surface area contributed by atoms with E-state index in [1.807, 2.05) is 13.8 Å². The van der Waals surface area contributed by atoms with Gasteiger partial charge in [0.15, 0.2) is 5.82 Å². The SMILES string of the molecule is CCC(N)(CC)c1noc(-c2ccc([N+](=O)[O-])s2)n1. The van der Waals surface area contributed by atoms with Crippen LogP contribution in [-0.4, -0.2) is 15.1 Å². The number of rotatable bonds is 5. The number of hydrogen-bond acceptors (Lipinski definition) is 7. The van der Waals surface area contributed by atoms with Gasteiger partial charge in [-0.25, -0.2) is 0 Å². The first-order valence-corrected chi connectivity index (χ1v) is 6.69. The van der Waals surface area contributed by atoms with Gasteiger partial charge in [-0.05, 0) is 18.9 Å². The van der Waals surface area contributed by atoms with Crippen molar-refractivity contribution in [2.24, 2.45) is 5.73 Å². The molecule has 8 heteroatoms. The highest BCUT2D eigenvalue weighted by molar-refractivity contribution is 7.18. The van der Waals surface area contributed by atoms with E-state index in [-0.39, 0.29) is 10.9 Å². The summed E-state index contributed by atoms with van der Waals surface area (Å²) in [6.45, 7) is 3.91. The van der Waals surface area contributed by atoms with Crippen LogP contribution in [-0.2, 0) is 5.54 Å². The minimum Gasteiger partial charge on any atom is -0.333 e. The van der Waals surface area contributed by atoms with Gasteiger partial charge in [-0.1, -0.05) is 30.3 Å². The van der Waals surface area contributed by atoms with E-state index in [2.05, 4.69) is 10.1 Å². The molecule has 0 amide bonds. The number of nitrogens with zero attached hydrogens (tertiary/aromatic N) is 3. The van der Waals surface area contributed by atoms with Crippen molar-refractivity contribution in [1.29, 1.82) is 0 Å². The predicted octanol–water partition coefficient (Wildman–Crippen LogP) is 2.68. The van der Waals surface area contributed by atoms with Crippen LogP contribution in [0.5, 0.6) is 0 Å². The van der Waals surface area contributed by atoms with Crippen molar-refractivity contribution in [2.45, 2.75) is 32.2 Å². The molecule has 2 heterocycles. The van der Waals surface area contributed by atoms with Crippen molar-refractivity contribution >= 4 is 16.3 Å². The van der Waals surface area contributed by atoms with Crippen LogP contribution < -0.4 is 5.73 Å². The molecule has 2 N–H and O–H groups in total. The molecule has 2 aromatic heterocycles. The lowest BCUT2D eigenvalue weighted by Gasteiger charge is -2.21. The molecule has 19 heavy (non-hydrogen) atoms. The summed E-state index contributed by atoms with van der Waals surface area (Å²) in [4.78, 5) is 15.0. The van der Waals surface area contributed by atoms with Gasteiger partial charge in [0.2, 0.25) is 0 Å². The van der Waals surface area contributed by atoms with E-state index in [1.54, 1.807) is 6.07 Å². The van der Waals surface area contributed by atoms with Crippen molar-refractivity contribution in [2.75, 3.05) is 0 Å². The van der Waals surface area contributed by atoms with Gasteiger partial charge in [0.1, 0.15) is 0 Å². The molecule has 0 aliphatic heterocycles. The zero-order chi connectivity index (χ0) is 14.0. The maximum atomic E-state index is 10.6. The predicted molar refractivity (Wildman–Crippen MR) is 70.7 cm³/mol. The lowest BCUT2D eigenvalue weighted by molar-refractivity contribution is -0.380. The Kier molecular flexibility index (Phi) is 3.63. The highest BCUT2D eigenvalue weighted by atomic mass is 32.1. The fourth-order valence-corrected chi connectivity index (χ4v) is 2.38. The minimum absolute atomic E-state index is 0.0414. The summed E-state index contributed by atoms with van der Waals surface area (Å²) in [7, 11) is 0. The highest BCUT2D eigenvalue weighted by Gasteiger charge is 2.29. The quantitative estimate of drug-likeness (QED) is 0.667. The van der Waals surface area contributed by atoms with Crippen LogP contribution in [0.2, 0.25) is 0 Å². The average molecular weight is 282 g/mol. The summed E-state index contributed by atoms with van der Waals surface area (Å²) < 4.78 is 5.14. The summed E-state index contributed by atoms with van der Waals surface area (Å²) in [5.41, 5.74) is 5.55. The highest BCUT2D eigenvalue weighted by Crippen LogP contribution is 2.33. The molecule has 102 valence electrons. The smallest absolute Gasteiger partial charge is 0.324 e. The fraction of sp³-hybridized carbons (Fsp3) is 0.455. The van der Waals surface area contributed by atoms with E-state index >= 15 is 0 Å². The number of hydrogen-bond donors (Lipinski definition) is 1. The first kappa shape index (κ1) is 13.6. The summed E-state index contributed by atoms with van der Waals surface area (Å²) in [5, 5.41) is 14.6. The Morgan fingerprint density at radius 2 is 2.16 bits per heavy atom. The summed E-state index contributed by atoms with van der Waals surface area (Å²) in [6.07, 6.45) is 1.38. The number of nitro groups is 1. The van der Waals surface area contributed by atoms with Crippen LogP contribution in [0.1, 0.15) is 32.5 Å². The third-order valence-corrected chi connectivity index (χ3v) is 4.14. The van der Waals surface area contributed by atoms with Gasteiger partial charge in [0, 0.05) is 6.07 Å². The van der Waals surface area contributed by atoms with Gasteiger partial charge in [0.25, 0.3) is 5.89 Å². The Balaban J connectivity index is 2.32. The molecule has 0 aromatic carbocycles. The summed E-state index contributed by atoms with van der Waals surface area (Å²) in [5.74, 6) is 0.702. The molecule has 0 unspecified atom stereocenters. The standard InChI is InChI=1S/C11H14N4O3S/c1-3-11(12,4-2)10-13-9(18-14-10)7-5-6-8(19-7)15(16)17/h5-6H,3-4,12H2,1-2H3. The average Bonchev–Trinajstić information content (AvgIpc) is 3.05. The number of nitrogens with two attached hydrogens (primary N) is 1. The molecule has 0 atom stereocenters. The summed E-state index contributed by atoms with van der Waals surface area (Å²) >= 11 is 0.997. The molecule has 0 spiro atoms. The topological polar surface area (TPSA) is 108 Å². The van der Waals surface area contributed by atoms with Crippen LogP contribution in [0.4, 0.5) is 5.00 Å². The number of thiophene rings is 1. The van der Waals surface area contributed by atoms with Crippen molar-refractivity contribution in [3.8, 4) is 10.8 Å². The minimum atomic E-state index is -0.620. The van der Waals surface area contributed by atoms with E-state index in [1.165, 1.54) is 6.07 Å². The van der Waals surface area contributed by atoms with Crippen LogP contribution >= 0.6 is 11.3 Å². The Morgan fingerprint density at radius 1 is 1.47 bits per heavy atom. The van der Waals surface area contributed by atoms with Gasteiger partial charge in [-0.3, -0.25) is 10.1 Å². The van der Waals surface area contributed by atoms with E-state index in [0.717, 1.165) is 11.3 Å². The third-order valence-electron chi connectivity index (χ3n) is 3.12. The Labute approximate surface area is 113 Å². The lowest BCUT2D eigenvalue weighted by atomic mass is 9.93. The molecule has 0 saturated heterocycles. The second-order valence-corrected chi connectivity index (χ2v) is 5.24. The molecule has 0 fully saturated rings. The van der Waals surface area contributed by atoms with Gasteiger partial charge in [0.05, 0.1) is 15.3 Å². The second kappa shape index (κ2) is 5.06. The Morgan fingerprint density at radius 3 is 2.68 bits per heavy atom. The third kappa shape index (κ3) is 2.49. The van der Waals surface area contributed by atoms with Crippen molar-refractivity contribution in [3.05, 3.63) is 28.1 Å². The fourth-order valence-electron chi connectivity index (χ4n) is 1.63. The van der Waals surface area contributed by atoms with E-state index in [0.29, 0.717) is 23.5 Å². The first-order chi connectivity index (χ1) is 9.00. The maximum Gasteiger partial charge on any atom is 0.324 e. The molecule has 0 saturated carbocycles. The van der Waals surface area contributed by atoms with Crippen molar-refractivity contribution < 1.29 is 9.45 Å². The number of aromatic nitrogens is 2. The zero-order valence-electron chi connectivity index (χ0n) is 10.6. The monoisotopic (exact) mass is 282 g/mol. The molecule has 2 rings (SSSR count). The van der Waals surface area contributed by atoms with Crippen molar-refractivity contribution in [3.63, 3.8) is 0 Å². The molecule has 0 aliphatic carbocycles. The van der Waals surface area contributed by atoms with Crippen molar-refractivity contribution in [1.82, 2.24) is 10.1 Å². The van der Waals surface area contributed by atoms with Crippen LogP contribution in [0, 0.1) is 10.1 Å². The van der Waals surface area contributed by atoms with Crippen LogP contribution in [0.3, 0.4) is 0 Å². The van der Waals surface area contributed by atoms with Gasteiger partial charge in [-0.2, -0.15) is 4.98 Å². The molecule has 7 nitrogen and oxygen atoms in total. The zero-order valence-corrected chi connectivity index (χ0v) is 11.4. The molecular formula is C11H14N4O3S. The molecule has 2 aromatic rings. The lowest BCUT2D eigenvalue weighted by Crippen LogP contribution is -2.36. The normalized spacial score (nSPS) is 11.7. The van der Waals surface area contributed by atoms with E-state index in [4.69, 9.17) is 10.3 Å². The summed E-state index contributed by atoms with van der Waals surface area (Å²) in [6, 6.07) is 3.01. The second-order valence-electron chi connectivity index (χ2n) is 4.18. The Bertz CT molecular complexity index is 588. The first-order valence-electron chi connectivity index (χ1n) is 5.88. The maximum absolute atomic E-state index is 10.6.